The number of amides is 1. The number of aromatic nitrogens is 1. The number of benzene rings is 2. The first-order valence-corrected chi connectivity index (χ1v) is 9.83. The lowest BCUT2D eigenvalue weighted by molar-refractivity contribution is -0.112. The molecule has 1 aromatic heterocycles. The van der Waals surface area contributed by atoms with E-state index in [2.05, 4.69) is 28.9 Å². The Hall–Kier alpha value is -3.78. The number of nitrogens with zero attached hydrogens (tertiary/aromatic N) is 2. The zero-order valence-corrected chi connectivity index (χ0v) is 17.7. The lowest BCUT2D eigenvalue weighted by Crippen LogP contribution is -2.13. The number of carbonyl (C=O) groups excluding carboxylic acids is 1. The summed E-state index contributed by atoms with van der Waals surface area (Å²) in [5.41, 5.74) is 5.90. The average Bonchev–Trinajstić information content (AvgIpc) is 3.05. The van der Waals surface area contributed by atoms with Crippen LogP contribution in [0.1, 0.15) is 29.4 Å². The molecule has 1 N–H and O–H groups in total. The molecule has 0 aliphatic heterocycles. The highest BCUT2D eigenvalue weighted by Crippen LogP contribution is 2.25. The lowest BCUT2D eigenvalue weighted by atomic mass is 10.1. The molecule has 2 aromatic carbocycles. The van der Waals surface area contributed by atoms with E-state index in [1.54, 1.807) is 37.5 Å². The van der Waals surface area contributed by atoms with Gasteiger partial charge in [0.05, 0.1) is 7.11 Å². The first kappa shape index (κ1) is 20.9. The van der Waals surface area contributed by atoms with Crippen molar-refractivity contribution in [1.29, 1.82) is 5.26 Å². The second-order valence-electron chi connectivity index (χ2n) is 7.00. The highest BCUT2D eigenvalue weighted by Gasteiger charge is 2.15. The molecule has 0 saturated heterocycles. The second kappa shape index (κ2) is 9.15. The molecule has 5 nitrogen and oxygen atoms in total. The Labute approximate surface area is 177 Å². The van der Waals surface area contributed by atoms with Crippen LogP contribution in [-0.4, -0.2) is 17.6 Å². The molecule has 0 radical (unpaired) electrons. The van der Waals surface area contributed by atoms with Gasteiger partial charge < -0.3 is 14.6 Å². The topological polar surface area (TPSA) is 67.0 Å². The Kier molecular flexibility index (Phi) is 6.38. The number of rotatable bonds is 6. The standard InChI is InChI=1S/C25H25N3O2/c1-5-19-8-6-7-9-24(19)28-17(2)14-20(18(28)3)15-21(16-26)25(29)27-22-10-12-23(30-4)13-11-22/h6-15H,5H2,1-4H3,(H,27,29)/b21-15-. The quantitative estimate of drug-likeness (QED) is 0.457. The Morgan fingerprint density at radius 3 is 2.50 bits per heavy atom. The van der Waals surface area contributed by atoms with E-state index in [1.807, 2.05) is 38.1 Å². The summed E-state index contributed by atoms with van der Waals surface area (Å²) in [5, 5.41) is 12.3. The minimum absolute atomic E-state index is 0.0508. The van der Waals surface area contributed by atoms with Crippen LogP contribution < -0.4 is 10.1 Å². The van der Waals surface area contributed by atoms with Crippen molar-refractivity contribution in [2.75, 3.05) is 12.4 Å². The van der Waals surface area contributed by atoms with Crippen LogP contribution in [0.25, 0.3) is 11.8 Å². The van der Waals surface area contributed by atoms with Gasteiger partial charge in [0.1, 0.15) is 17.4 Å². The number of hydrogen-bond donors (Lipinski definition) is 1. The molecule has 5 heteroatoms. The predicted molar refractivity (Wildman–Crippen MR) is 120 cm³/mol. The highest BCUT2D eigenvalue weighted by atomic mass is 16.5. The molecule has 0 aliphatic rings. The SMILES string of the molecule is CCc1ccccc1-n1c(C)cc(/C=C(/C#N)C(=O)Nc2ccc(OC)cc2)c1C. The zero-order valence-electron chi connectivity index (χ0n) is 17.7. The van der Waals surface area contributed by atoms with Crippen LogP contribution in [-0.2, 0) is 11.2 Å². The highest BCUT2D eigenvalue weighted by molar-refractivity contribution is 6.09. The summed E-state index contributed by atoms with van der Waals surface area (Å²) in [6.07, 6.45) is 2.57. The van der Waals surface area contributed by atoms with E-state index >= 15 is 0 Å². The maximum Gasteiger partial charge on any atom is 0.266 e. The number of carbonyl (C=O) groups is 1. The number of ether oxygens (including phenoxy) is 1. The van der Waals surface area contributed by atoms with Gasteiger partial charge in [-0.25, -0.2) is 0 Å². The van der Waals surface area contributed by atoms with Gasteiger partial charge in [0.25, 0.3) is 5.91 Å². The van der Waals surface area contributed by atoms with Crippen molar-refractivity contribution >= 4 is 17.7 Å². The fourth-order valence-corrected chi connectivity index (χ4v) is 3.51. The normalized spacial score (nSPS) is 11.1. The largest absolute Gasteiger partial charge is 0.497 e. The molecule has 3 aromatic rings. The number of methoxy groups -OCH3 is 1. The second-order valence-corrected chi connectivity index (χ2v) is 7.00. The fraction of sp³-hybridized carbons (Fsp3) is 0.200. The Morgan fingerprint density at radius 2 is 1.87 bits per heavy atom. The molecular formula is C25H25N3O2. The van der Waals surface area contributed by atoms with Gasteiger partial charge in [0.2, 0.25) is 0 Å². The smallest absolute Gasteiger partial charge is 0.266 e. The van der Waals surface area contributed by atoms with Crippen molar-refractivity contribution < 1.29 is 9.53 Å². The van der Waals surface area contributed by atoms with Gasteiger partial charge in [-0.3, -0.25) is 4.79 Å². The molecule has 0 spiro atoms. The van der Waals surface area contributed by atoms with Gasteiger partial charge in [-0.1, -0.05) is 25.1 Å². The third-order valence-electron chi connectivity index (χ3n) is 5.10. The molecule has 152 valence electrons. The van der Waals surface area contributed by atoms with Crippen molar-refractivity contribution in [2.45, 2.75) is 27.2 Å². The summed E-state index contributed by atoms with van der Waals surface area (Å²) in [4.78, 5) is 12.6. The third kappa shape index (κ3) is 4.28. The van der Waals surface area contributed by atoms with Crippen LogP contribution in [0.2, 0.25) is 0 Å². The van der Waals surface area contributed by atoms with E-state index in [9.17, 15) is 10.1 Å². The number of nitriles is 1. The summed E-state index contributed by atoms with van der Waals surface area (Å²) < 4.78 is 7.29. The molecule has 1 heterocycles. The van der Waals surface area contributed by atoms with E-state index in [1.165, 1.54) is 5.56 Å². The van der Waals surface area contributed by atoms with Gasteiger partial charge in [-0.2, -0.15) is 5.26 Å². The first-order chi connectivity index (χ1) is 14.5. The maximum absolute atomic E-state index is 12.6. The van der Waals surface area contributed by atoms with Gasteiger partial charge in [-0.05, 0) is 73.9 Å². The molecule has 30 heavy (non-hydrogen) atoms. The molecular weight excluding hydrogens is 374 g/mol. The predicted octanol–water partition coefficient (Wildman–Crippen LogP) is 5.21. The van der Waals surface area contributed by atoms with Crippen molar-refractivity contribution in [3.8, 4) is 17.5 Å². The fourth-order valence-electron chi connectivity index (χ4n) is 3.51. The van der Waals surface area contributed by atoms with Gasteiger partial charge in [0.15, 0.2) is 0 Å². The van der Waals surface area contributed by atoms with E-state index in [-0.39, 0.29) is 5.57 Å². The average molecular weight is 399 g/mol. The summed E-state index contributed by atoms with van der Waals surface area (Å²) in [5.74, 6) is 0.255. The zero-order chi connectivity index (χ0) is 21.7. The van der Waals surface area contributed by atoms with Crippen LogP contribution in [0, 0.1) is 25.2 Å². The summed E-state index contributed by atoms with van der Waals surface area (Å²) in [6, 6.07) is 19.3. The van der Waals surface area contributed by atoms with E-state index in [4.69, 9.17) is 4.74 Å². The van der Waals surface area contributed by atoms with Crippen LogP contribution in [0.15, 0.2) is 60.2 Å². The lowest BCUT2D eigenvalue weighted by Gasteiger charge is -2.14. The van der Waals surface area contributed by atoms with E-state index < -0.39 is 5.91 Å². The first-order valence-electron chi connectivity index (χ1n) is 9.83. The minimum atomic E-state index is -0.443. The minimum Gasteiger partial charge on any atom is -0.497 e. The molecule has 0 unspecified atom stereocenters. The van der Waals surface area contributed by atoms with Gasteiger partial charge >= 0.3 is 0 Å². The van der Waals surface area contributed by atoms with Crippen molar-refractivity contribution in [2.24, 2.45) is 0 Å². The maximum atomic E-state index is 12.6. The Bertz CT molecular complexity index is 1130. The number of aryl methyl sites for hydroxylation is 2. The molecule has 0 atom stereocenters. The Balaban J connectivity index is 1.92. The number of anilines is 1. The summed E-state index contributed by atoms with van der Waals surface area (Å²) in [7, 11) is 1.58. The van der Waals surface area contributed by atoms with Crippen LogP contribution in [0.4, 0.5) is 5.69 Å². The van der Waals surface area contributed by atoms with Gasteiger partial charge in [-0.15, -0.1) is 0 Å². The Morgan fingerprint density at radius 1 is 1.17 bits per heavy atom. The number of hydrogen-bond acceptors (Lipinski definition) is 3. The molecule has 3 rings (SSSR count). The van der Waals surface area contributed by atoms with Crippen molar-refractivity contribution in [3.63, 3.8) is 0 Å². The number of nitrogens with one attached hydrogen (secondary N) is 1. The van der Waals surface area contributed by atoms with Crippen LogP contribution in [0.5, 0.6) is 5.75 Å². The monoisotopic (exact) mass is 399 g/mol. The van der Waals surface area contributed by atoms with Gasteiger partial charge in [0, 0.05) is 22.8 Å². The van der Waals surface area contributed by atoms with Crippen LogP contribution in [0.3, 0.4) is 0 Å². The molecule has 0 fully saturated rings. The summed E-state index contributed by atoms with van der Waals surface area (Å²) in [6.45, 7) is 6.16. The molecule has 1 amide bonds. The third-order valence-corrected chi connectivity index (χ3v) is 5.10. The molecule has 0 bridgehead atoms. The van der Waals surface area contributed by atoms with Crippen molar-refractivity contribution in [3.05, 3.63) is 82.7 Å². The number of para-hydroxylation sites is 1. The van der Waals surface area contributed by atoms with Crippen molar-refractivity contribution in [1.82, 2.24) is 4.57 Å². The molecule has 0 aliphatic carbocycles. The van der Waals surface area contributed by atoms with E-state index in [0.29, 0.717) is 11.4 Å². The molecule has 0 saturated carbocycles. The summed E-state index contributed by atoms with van der Waals surface area (Å²) >= 11 is 0. The van der Waals surface area contributed by atoms with Crippen LogP contribution >= 0.6 is 0 Å². The van der Waals surface area contributed by atoms with E-state index in [0.717, 1.165) is 29.1 Å².